The quantitative estimate of drug-likeness (QED) is 0.777. The number of fused-ring (bicyclic) bond motifs is 1. The fourth-order valence-electron chi connectivity index (χ4n) is 2.29. The smallest absolute Gasteiger partial charge is 0.254 e. The van der Waals surface area contributed by atoms with Crippen LogP contribution in [0.3, 0.4) is 0 Å². The summed E-state index contributed by atoms with van der Waals surface area (Å²) >= 11 is 5.97. The van der Waals surface area contributed by atoms with Gasteiger partial charge in [-0.25, -0.2) is 0 Å². The average molecular weight is 300 g/mol. The first-order chi connectivity index (χ1) is 10.3. The number of hydrogen-bond donors (Lipinski definition) is 2. The van der Waals surface area contributed by atoms with Gasteiger partial charge in [-0.15, -0.1) is 0 Å². The molecule has 0 aliphatic carbocycles. The largest absolute Gasteiger partial charge is 0.361 e. The van der Waals surface area contributed by atoms with Gasteiger partial charge in [0.25, 0.3) is 5.91 Å². The van der Waals surface area contributed by atoms with Crippen LogP contribution >= 0.6 is 11.6 Å². The molecule has 0 radical (unpaired) electrons. The molecule has 1 amide bonds. The van der Waals surface area contributed by atoms with E-state index < -0.39 is 0 Å². The van der Waals surface area contributed by atoms with E-state index in [0.717, 1.165) is 11.9 Å². The maximum atomic E-state index is 12.0. The third-order valence-electron chi connectivity index (χ3n) is 3.37. The first-order valence-corrected chi connectivity index (χ1v) is 7.06. The Labute approximate surface area is 127 Å². The molecule has 0 saturated carbocycles. The van der Waals surface area contributed by atoms with Gasteiger partial charge in [-0.1, -0.05) is 29.8 Å². The number of rotatable bonds is 4. The predicted octanol–water partition coefficient (Wildman–Crippen LogP) is 3.19. The summed E-state index contributed by atoms with van der Waals surface area (Å²) in [6.45, 7) is 0.548. The predicted molar refractivity (Wildman–Crippen MR) is 83.6 cm³/mol. The van der Waals surface area contributed by atoms with Crippen LogP contribution in [-0.2, 0) is 6.42 Å². The third kappa shape index (κ3) is 2.90. The van der Waals surface area contributed by atoms with Crippen LogP contribution in [0.5, 0.6) is 0 Å². The van der Waals surface area contributed by atoms with Gasteiger partial charge >= 0.3 is 0 Å². The topological polar surface area (TPSA) is 57.8 Å². The minimum Gasteiger partial charge on any atom is -0.361 e. The summed E-state index contributed by atoms with van der Waals surface area (Å²) in [5.74, 6) is -0.201. The van der Waals surface area contributed by atoms with Gasteiger partial charge in [-0.05, 0) is 24.1 Å². The second-order valence-electron chi connectivity index (χ2n) is 4.72. The summed E-state index contributed by atoms with van der Waals surface area (Å²) in [6, 6.07) is 9.71. The number of aromatic amines is 1. The number of para-hydroxylation sites is 1. The van der Waals surface area contributed by atoms with Crippen molar-refractivity contribution in [2.75, 3.05) is 6.54 Å². The number of halogens is 1. The Hall–Kier alpha value is -2.33. The van der Waals surface area contributed by atoms with E-state index in [9.17, 15) is 4.79 Å². The van der Waals surface area contributed by atoms with Crippen LogP contribution in [0.2, 0.25) is 5.02 Å². The van der Waals surface area contributed by atoms with Gasteiger partial charge in [0.15, 0.2) is 0 Å². The first kappa shape index (κ1) is 13.6. The van der Waals surface area contributed by atoms with Gasteiger partial charge in [0.2, 0.25) is 0 Å². The lowest BCUT2D eigenvalue weighted by Crippen LogP contribution is -2.26. The molecule has 0 aliphatic rings. The molecule has 3 rings (SSSR count). The lowest BCUT2D eigenvalue weighted by molar-refractivity contribution is 0.0954. The van der Waals surface area contributed by atoms with E-state index in [0.29, 0.717) is 17.1 Å². The molecule has 0 spiro atoms. The number of nitrogens with zero attached hydrogens (tertiary/aromatic N) is 1. The molecule has 3 aromatic rings. The molecule has 1 aromatic carbocycles. The number of carbonyl (C=O) groups excluding carboxylic acids is 1. The maximum absolute atomic E-state index is 12.0. The number of benzene rings is 1. The van der Waals surface area contributed by atoms with Gasteiger partial charge in [-0.3, -0.25) is 9.78 Å². The molecule has 0 unspecified atom stereocenters. The standard InChI is InChI=1S/C16H14ClN3O/c17-14-6-7-18-10-13(14)16(21)19-8-5-11-9-20-15-4-2-1-3-12(11)15/h1-4,6-7,9-10,20H,5,8H2,(H,19,21). The van der Waals surface area contributed by atoms with E-state index in [1.807, 2.05) is 24.4 Å². The number of H-pyrrole nitrogens is 1. The molecule has 5 heteroatoms. The lowest BCUT2D eigenvalue weighted by Gasteiger charge is -2.05. The Kier molecular flexibility index (Phi) is 3.88. The van der Waals surface area contributed by atoms with Crippen LogP contribution in [0, 0.1) is 0 Å². The summed E-state index contributed by atoms with van der Waals surface area (Å²) in [5, 5.41) is 4.46. The van der Waals surface area contributed by atoms with Crippen LogP contribution in [0.15, 0.2) is 48.9 Å². The summed E-state index contributed by atoms with van der Waals surface area (Å²) in [5.41, 5.74) is 2.69. The minimum absolute atomic E-state index is 0.201. The van der Waals surface area contributed by atoms with Crippen molar-refractivity contribution in [3.8, 4) is 0 Å². The molecule has 4 nitrogen and oxygen atoms in total. The van der Waals surface area contributed by atoms with Gasteiger partial charge in [-0.2, -0.15) is 0 Å². The lowest BCUT2D eigenvalue weighted by atomic mass is 10.1. The molecule has 0 aliphatic heterocycles. The van der Waals surface area contributed by atoms with Gasteiger partial charge in [0.05, 0.1) is 10.6 Å². The second-order valence-corrected chi connectivity index (χ2v) is 5.13. The highest BCUT2D eigenvalue weighted by molar-refractivity contribution is 6.33. The van der Waals surface area contributed by atoms with Crippen molar-refractivity contribution in [3.05, 3.63) is 65.1 Å². The van der Waals surface area contributed by atoms with Crippen LogP contribution in [0.4, 0.5) is 0 Å². The summed E-state index contributed by atoms with van der Waals surface area (Å²) in [4.78, 5) is 19.2. The fourth-order valence-corrected chi connectivity index (χ4v) is 2.48. The molecule has 0 fully saturated rings. The van der Waals surface area contributed by atoms with Crippen molar-refractivity contribution in [3.63, 3.8) is 0 Å². The first-order valence-electron chi connectivity index (χ1n) is 6.68. The molecule has 0 saturated heterocycles. The van der Waals surface area contributed by atoms with E-state index in [-0.39, 0.29) is 5.91 Å². The SMILES string of the molecule is O=C(NCCc1c[nH]c2ccccc12)c1cnccc1Cl. The third-order valence-corrected chi connectivity index (χ3v) is 3.70. The van der Waals surface area contributed by atoms with Crippen molar-refractivity contribution in [1.82, 2.24) is 15.3 Å². The van der Waals surface area contributed by atoms with Crippen molar-refractivity contribution in [1.29, 1.82) is 0 Å². The van der Waals surface area contributed by atoms with Crippen LogP contribution in [0.1, 0.15) is 15.9 Å². The van der Waals surface area contributed by atoms with Crippen molar-refractivity contribution in [2.45, 2.75) is 6.42 Å². The van der Waals surface area contributed by atoms with E-state index in [2.05, 4.69) is 21.4 Å². The number of pyridine rings is 1. The van der Waals surface area contributed by atoms with Gasteiger partial charge < -0.3 is 10.3 Å². The van der Waals surface area contributed by atoms with Gasteiger partial charge in [0, 0.05) is 36.0 Å². The highest BCUT2D eigenvalue weighted by atomic mass is 35.5. The molecular weight excluding hydrogens is 286 g/mol. The Morgan fingerprint density at radius 1 is 1.29 bits per heavy atom. The zero-order valence-electron chi connectivity index (χ0n) is 11.3. The molecule has 2 heterocycles. The van der Waals surface area contributed by atoms with Crippen molar-refractivity contribution in [2.24, 2.45) is 0 Å². The number of aromatic nitrogens is 2. The minimum atomic E-state index is -0.201. The molecule has 21 heavy (non-hydrogen) atoms. The summed E-state index contributed by atoms with van der Waals surface area (Å²) < 4.78 is 0. The highest BCUT2D eigenvalue weighted by Crippen LogP contribution is 2.18. The number of amides is 1. The monoisotopic (exact) mass is 299 g/mol. The Morgan fingerprint density at radius 2 is 2.14 bits per heavy atom. The second kappa shape index (κ2) is 5.97. The van der Waals surface area contributed by atoms with E-state index in [4.69, 9.17) is 11.6 Å². The fraction of sp³-hybridized carbons (Fsp3) is 0.125. The van der Waals surface area contributed by atoms with E-state index in [1.165, 1.54) is 17.1 Å². The maximum Gasteiger partial charge on any atom is 0.254 e. The normalized spacial score (nSPS) is 10.7. The molecule has 0 bridgehead atoms. The Balaban J connectivity index is 1.64. The van der Waals surface area contributed by atoms with E-state index >= 15 is 0 Å². The molecule has 2 N–H and O–H groups in total. The van der Waals surface area contributed by atoms with Crippen LogP contribution in [-0.4, -0.2) is 22.4 Å². The Morgan fingerprint density at radius 3 is 3.00 bits per heavy atom. The van der Waals surface area contributed by atoms with Crippen LogP contribution in [0.25, 0.3) is 10.9 Å². The van der Waals surface area contributed by atoms with Gasteiger partial charge in [0.1, 0.15) is 0 Å². The molecule has 2 aromatic heterocycles. The highest BCUT2D eigenvalue weighted by Gasteiger charge is 2.10. The number of carbonyl (C=O) groups is 1. The zero-order chi connectivity index (χ0) is 14.7. The molecule has 0 atom stereocenters. The number of nitrogens with one attached hydrogen (secondary N) is 2. The summed E-state index contributed by atoms with van der Waals surface area (Å²) in [7, 11) is 0. The van der Waals surface area contributed by atoms with Crippen LogP contribution < -0.4 is 5.32 Å². The van der Waals surface area contributed by atoms with E-state index in [1.54, 1.807) is 12.3 Å². The van der Waals surface area contributed by atoms with Crippen molar-refractivity contribution < 1.29 is 4.79 Å². The number of hydrogen-bond acceptors (Lipinski definition) is 2. The molecular formula is C16H14ClN3O. The van der Waals surface area contributed by atoms with Crippen molar-refractivity contribution >= 4 is 28.4 Å². The zero-order valence-corrected chi connectivity index (χ0v) is 12.0. The Bertz CT molecular complexity index is 782. The molecule has 106 valence electrons. The summed E-state index contributed by atoms with van der Waals surface area (Å²) in [6.07, 6.45) is 5.77. The average Bonchev–Trinajstić information content (AvgIpc) is 2.91.